The van der Waals surface area contributed by atoms with Crippen molar-refractivity contribution in [1.82, 2.24) is 0 Å². The van der Waals surface area contributed by atoms with Crippen LogP contribution in [0.4, 0.5) is 8.78 Å². The van der Waals surface area contributed by atoms with Gasteiger partial charge in [-0.15, -0.1) is 0 Å². The summed E-state index contributed by atoms with van der Waals surface area (Å²) in [5.41, 5.74) is -0.621. The van der Waals surface area contributed by atoms with Gasteiger partial charge >= 0.3 is 39.2 Å². The van der Waals surface area contributed by atoms with Gasteiger partial charge in [0.25, 0.3) is 0 Å². The molecule has 7 atom stereocenters. The minimum absolute atomic E-state index is 0.568. The van der Waals surface area contributed by atoms with Gasteiger partial charge in [-0.2, -0.15) is 17.2 Å². The van der Waals surface area contributed by atoms with Crippen LogP contribution in [0.1, 0.15) is 71.6 Å². The first kappa shape index (κ1) is 29.6. The van der Waals surface area contributed by atoms with Crippen molar-refractivity contribution >= 4 is 34.0 Å². The number of halogens is 2. The van der Waals surface area contributed by atoms with Crippen LogP contribution < -0.4 is 0 Å². The summed E-state index contributed by atoms with van der Waals surface area (Å²) >= 11 is 0. The number of hydrogen-bond acceptors (Lipinski definition) is 11. The molecule has 0 radical (unpaired) electrons. The van der Waals surface area contributed by atoms with Gasteiger partial charge in [-0.3, -0.25) is 23.7 Å². The number of carbonyl (C=O) groups excluding carboxylic acids is 4. The highest BCUT2D eigenvalue weighted by Crippen LogP contribution is 2.52. The van der Waals surface area contributed by atoms with Gasteiger partial charge in [0.2, 0.25) is 0 Å². The number of alkyl halides is 2. The van der Waals surface area contributed by atoms with E-state index >= 15 is 0 Å². The summed E-state index contributed by atoms with van der Waals surface area (Å²) in [6, 6.07) is 0. The Kier molecular flexibility index (Phi) is 8.26. The molecular weight excluding hydrogens is 550 g/mol. The highest BCUT2D eigenvalue weighted by molar-refractivity contribution is 7.86. The SMILES string of the molecule is CCCC1(OC(=O)C2C3OC4C(OC(=O)C42)C3OC(=O)CCC(=O)OC(C)C(F)(F)S(=O)(=O)O)CCCCC1. The van der Waals surface area contributed by atoms with Crippen molar-refractivity contribution in [2.45, 2.75) is 113 Å². The molecule has 1 saturated carbocycles. The Morgan fingerprint density at radius 1 is 1.10 bits per heavy atom. The van der Waals surface area contributed by atoms with Crippen LogP contribution in [0.2, 0.25) is 0 Å². The van der Waals surface area contributed by atoms with E-state index in [0.29, 0.717) is 13.3 Å². The molecule has 4 rings (SSSR count). The number of hydrogen-bond donors (Lipinski definition) is 1. The van der Waals surface area contributed by atoms with E-state index in [2.05, 4.69) is 4.74 Å². The molecule has 4 fully saturated rings. The maximum Gasteiger partial charge on any atom is 0.405 e. The average Bonchev–Trinajstić information content (AvgIpc) is 3.46. The van der Waals surface area contributed by atoms with Crippen molar-refractivity contribution in [3.63, 3.8) is 0 Å². The predicted octanol–water partition coefficient (Wildman–Crippen LogP) is 2.08. The lowest BCUT2D eigenvalue weighted by Gasteiger charge is -2.38. The number of esters is 4. The molecule has 3 saturated heterocycles. The Bertz CT molecular complexity index is 1100. The Balaban J connectivity index is 1.37. The van der Waals surface area contributed by atoms with E-state index in [4.69, 9.17) is 23.5 Å². The molecule has 0 aromatic carbocycles. The van der Waals surface area contributed by atoms with Crippen molar-refractivity contribution in [2.75, 3.05) is 0 Å². The van der Waals surface area contributed by atoms with Gasteiger partial charge in [0.1, 0.15) is 29.6 Å². The molecule has 0 aromatic rings. The highest BCUT2D eigenvalue weighted by Gasteiger charge is 2.72. The van der Waals surface area contributed by atoms with Gasteiger partial charge in [-0.05, 0) is 39.0 Å². The third kappa shape index (κ3) is 5.62. The number of rotatable bonds is 11. The first-order chi connectivity index (χ1) is 18.2. The zero-order chi connectivity index (χ0) is 28.8. The first-order valence-electron chi connectivity index (χ1n) is 13.0. The summed E-state index contributed by atoms with van der Waals surface area (Å²) in [7, 11) is -5.83. The molecule has 1 aliphatic carbocycles. The molecule has 3 aliphatic heterocycles. The van der Waals surface area contributed by atoms with E-state index in [-0.39, 0.29) is 0 Å². The fraction of sp³-hybridized carbons (Fsp3) is 0.833. The lowest BCUT2D eigenvalue weighted by Crippen LogP contribution is -2.50. The van der Waals surface area contributed by atoms with Crippen molar-refractivity contribution in [3.05, 3.63) is 0 Å². The molecule has 0 spiro atoms. The lowest BCUT2D eigenvalue weighted by molar-refractivity contribution is -0.177. The molecule has 0 amide bonds. The zero-order valence-electron chi connectivity index (χ0n) is 21.5. The summed E-state index contributed by atoms with van der Waals surface area (Å²) in [5, 5.41) is -4.75. The summed E-state index contributed by atoms with van der Waals surface area (Å²) in [6.07, 6.45) is -1.99. The van der Waals surface area contributed by atoms with E-state index < -0.39 is 100 Å². The Morgan fingerprint density at radius 2 is 1.74 bits per heavy atom. The molecule has 220 valence electrons. The van der Waals surface area contributed by atoms with E-state index in [0.717, 1.165) is 38.5 Å². The largest absolute Gasteiger partial charge is 0.459 e. The molecule has 2 bridgehead atoms. The van der Waals surface area contributed by atoms with Crippen LogP contribution in [0.3, 0.4) is 0 Å². The van der Waals surface area contributed by atoms with Crippen LogP contribution in [0.15, 0.2) is 0 Å². The summed E-state index contributed by atoms with van der Waals surface area (Å²) in [4.78, 5) is 50.3. The molecule has 0 aromatic heterocycles. The van der Waals surface area contributed by atoms with E-state index in [9.17, 15) is 36.4 Å². The maximum atomic E-state index is 13.6. The number of ether oxygens (including phenoxy) is 5. The van der Waals surface area contributed by atoms with E-state index in [1.54, 1.807) is 0 Å². The fourth-order valence-electron chi connectivity index (χ4n) is 6.02. The second-order valence-corrected chi connectivity index (χ2v) is 12.1. The van der Waals surface area contributed by atoms with Crippen LogP contribution in [-0.4, -0.2) is 78.2 Å². The standard InChI is InChI=1S/C24H32F2O12S/c1-3-9-23(10-5-4-6-11-23)38-22(30)16-15-17-20(37-21(15)29)19(18(16)36-17)35-14(28)8-7-13(27)34-12(2)24(25,26)39(31,32)33/h12,15-20H,3-11H2,1-2H3,(H,31,32,33). The average molecular weight is 583 g/mol. The smallest absolute Gasteiger partial charge is 0.405 e. The molecule has 1 N–H and O–H groups in total. The quantitative estimate of drug-likeness (QED) is 0.214. The molecule has 15 heteroatoms. The van der Waals surface area contributed by atoms with Gasteiger partial charge in [0.05, 0.1) is 12.8 Å². The predicted molar refractivity (Wildman–Crippen MR) is 124 cm³/mol. The number of fused-ring (bicyclic) bond motifs is 1. The normalized spacial score (nSPS) is 31.9. The van der Waals surface area contributed by atoms with Crippen LogP contribution in [-0.2, 0) is 53.0 Å². The van der Waals surface area contributed by atoms with Crippen LogP contribution in [0.25, 0.3) is 0 Å². The monoisotopic (exact) mass is 582 g/mol. The van der Waals surface area contributed by atoms with Crippen molar-refractivity contribution in [1.29, 1.82) is 0 Å². The first-order valence-corrected chi connectivity index (χ1v) is 14.5. The minimum atomic E-state index is -5.83. The lowest BCUT2D eigenvalue weighted by atomic mass is 9.77. The summed E-state index contributed by atoms with van der Waals surface area (Å²) in [6.45, 7) is 2.56. The Hall–Kier alpha value is -2.39. The van der Waals surface area contributed by atoms with E-state index in [1.165, 1.54) is 0 Å². The Labute approximate surface area is 223 Å². The second kappa shape index (κ2) is 10.9. The Morgan fingerprint density at radius 3 is 2.36 bits per heavy atom. The van der Waals surface area contributed by atoms with Crippen LogP contribution in [0, 0.1) is 11.8 Å². The summed E-state index contributed by atoms with van der Waals surface area (Å²) < 4.78 is 84.2. The minimum Gasteiger partial charge on any atom is -0.459 e. The second-order valence-electron chi connectivity index (χ2n) is 10.6. The highest BCUT2D eigenvalue weighted by atomic mass is 32.2. The van der Waals surface area contributed by atoms with Crippen molar-refractivity contribution in [2.24, 2.45) is 11.8 Å². The number of carbonyl (C=O) groups is 4. The molecule has 3 heterocycles. The fourth-order valence-corrected chi connectivity index (χ4v) is 6.49. The van der Waals surface area contributed by atoms with Gasteiger partial charge < -0.3 is 23.7 Å². The van der Waals surface area contributed by atoms with Gasteiger partial charge in [-0.25, -0.2) is 0 Å². The zero-order valence-corrected chi connectivity index (χ0v) is 22.3. The molecule has 12 nitrogen and oxygen atoms in total. The molecule has 4 aliphatic rings. The van der Waals surface area contributed by atoms with Crippen LogP contribution >= 0.6 is 0 Å². The molecule has 7 unspecified atom stereocenters. The van der Waals surface area contributed by atoms with E-state index in [1.807, 2.05) is 6.92 Å². The third-order valence-electron chi connectivity index (χ3n) is 7.89. The van der Waals surface area contributed by atoms with Crippen molar-refractivity contribution < 1.29 is 64.6 Å². The maximum absolute atomic E-state index is 13.6. The third-order valence-corrected chi connectivity index (χ3v) is 8.91. The molecule has 39 heavy (non-hydrogen) atoms. The van der Waals surface area contributed by atoms with Gasteiger partial charge in [0, 0.05) is 0 Å². The van der Waals surface area contributed by atoms with Gasteiger partial charge in [0.15, 0.2) is 18.3 Å². The van der Waals surface area contributed by atoms with Crippen LogP contribution in [0.5, 0.6) is 0 Å². The molecular formula is C24H32F2O12S. The topological polar surface area (TPSA) is 169 Å². The van der Waals surface area contributed by atoms with Gasteiger partial charge in [-0.1, -0.05) is 19.8 Å². The van der Waals surface area contributed by atoms with Crippen molar-refractivity contribution in [3.8, 4) is 0 Å². The summed E-state index contributed by atoms with van der Waals surface area (Å²) in [5.74, 6) is -5.51.